The van der Waals surface area contributed by atoms with Gasteiger partial charge < -0.3 is 0 Å². The number of hydrogen-bond acceptors (Lipinski definition) is 4. The molecule has 0 unspecified atom stereocenters. The number of benzene rings is 7. The van der Waals surface area contributed by atoms with Crippen LogP contribution in [0.1, 0.15) is 22.3 Å². The van der Waals surface area contributed by atoms with Gasteiger partial charge in [-0.1, -0.05) is 0 Å². The smallest absolute Gasteiger partial charge is 0.207 e. The van der Waals surface area contributed by atoms with E-state index in [0.717, 1.165) is 11.5 Å². The molecule has 0 heterocycles. The Morgan fingerprint density at radius 3 is 0.779 bits per heavy atom. The first kappa shape index (κ1) is 67.8. The summed E-state index contributed by atoms with van der Waals surface area (Å²) in [6.07, 6.45) is -39.5. The molecule has 0 aromatic heterocycles. The summed E-state index contributed by atoms with van der Waals surface area (Å²) in [5, 5.41) is 0. The number of para-hydroxylation sites is 2. The molecule has 4 nitrogen and oxygen atoms in total. The third-order valence-electron chi connectivity index (χ3n) is 12.3. The van der Waals surface area contributed by atoms with Gasteiger partial charge in [-0.2, -0.15) is 52.7 Å². The second-order valence-corrected chi connectivity index (χ2v) is 21.4. The van der Waals surface area contributed by atoms with Crippen molar-refractivity contribution >= 4 is 55.3 Å². The van der Waals surface area contributed by atoms with Crippen molar-refractivity contribution in [3.63, 3.8) is 0 Å². The molecule has 0 aliphatic rings. The van der Waals surface area contributed by atoms with Crippen LogP contribution in [-0.4, -0.2) is 60.7 Å². The zero-order chi connectivity index (χ0) is 64.7. The molecule has 7 aromatic rings. The van der Waals surface area contributed by atoms with Crippen molar-refractivity contribution in [3.8, 4) is 11.5 Å². The largest absolute Gasteiger partial charge is 0.416 e. The second-order valence-electron chi connectivity index (χ2n) is 17.2. The van der Waals surface area contributed by atoms with Crippen molar-refractivity contribution in [3.05, 3.63) is 194 Å². The molecule has 7 aromatic carbocycles. The number of methoxy groups -OCH3 is 2. The number of ether oxygens (including phenoxy) is 4. The molecule has 34 heteroatoms. The van der Waals surface area contributed by atoms with E-state index in [-0.39, 0.29) is 0 Å². The fourth-order valence-corrected chi connectivity index (χ4v) is 13.8. The van der Waals surface area contributed by atoms with Gasteiger partial charge in [-0.05, 0) is 0 Å². The molecule has 0 saturated carbocycles. The quantitative estimate of drug-likeness (QED) is 0.0337. The third-order valence-corrected chi connectivity index (χ3v) is 17.1. The molecule has 0 radical (unpaired) electrons. The van der Waals surface area contributed by atoms with Crippen LogP contribution in [0.25, 0.3) is 0 Å². The molecule has 0 fully saturated rings. The molecule has 7 rings (SSSR count). The van der Waals surface area contributed by atoms with Gasteiger partial charge in [0.2, 0.25) is 0 Å². The van der Waals surface area contributed by atoms with E-state index in [2.05, 4.69) is 54.6 Å². The predicted molar refractivity (Wildman–Crippen MR) is 248 cm³/mol. The Morgan fingerprint density at radius 2 is 0.535 bits per heavy atom. The fourth-order valence-electron chi connectivity index (χ4n) is 9.07. The molecule has 0 spiro atoms. The van der Waals surface area contributed by atoms with Gasteiger partial charge in [0.15, 0.2) is 69.8 Å². The Balaban J connectivity index is 0.000000340. The summed E-state index contributed by atoms with van der Waals surface area (Å²) in [4.78, 5) is 0. The van der Waals surface area contributed by atoms with Crippen LogP contribution in [0.5, 0.6) is 11.5 Å². The molecular formula is C52H27BF28O4Se. The van der Waals surface area contributed by atoms with Gasteiger partial charge in [0, 0.05) is 0 Å². The topological polar surface area (TPSA) is 36.9 Å². The van der Waals surface area contributed by atoms with Gasteiger partial charge >= 0.3 is 202 Å². The first-order chi connectivity index (χ1) is 39.9. The summed E-state index contributed by atoms with van der Waals surface area (Å²) >= 11 is -1.64. The van der Waals surface area contributed by atoms with E-state index in [1.807, 2.05) is 24.3 Å². The van der Waals surface area contributed by atoms with E-state index in [1.165, 1.54) is 13.4 Å². The van der Waals surface area contributed by atoms with Crippen LogP contribution in [0.3, 0.4) is 0 Å². The van der Waals surface area contributed by atoms with Gasteiger partial charge in [-0.15, -0.1) is 21.9 Å². The van der Waals surface area contributed by atoms with Gasteiger partial charge in [0.05, 0.1) is 22.3 Å². The number of hydrogen-bond donors (Lipinski definition) is 0. The van der Waals surface area contributed by atoms with Crippen LogP contribution in [0.2, 0.25) is 0 Å². The summed E-state index contributed by atoms with van der Waals surface area (Å²) in [7, 11) is 3.37. The Hall–Kier alpha value is -7.32. The van der Waals surface area contributed by atoms with Crippen LogP contribution in [0.15, 0.2) is 78.9 Å². The van der Waals surface area contributed by atoms with Crippen molar-refractivity contribution in [1.82, 2.24) is 0 Å². The zero-order valence-corrected chi connectivity index (χ0v) is 43.7. The molecule has 0 aliphatic heterocycles. The average molecular weight is 1340 g/mol. The van der Waals surface area contributed by atoms with Crippen LogP contribution in [0.4, 0.5) is 123 Å². The third kappa shape index (κ3) is 12.3. The standard InChI is InChI=1S/C28BF28.C24H27O4Se/c30-9-1(25(46,47)48)5(13(34)21(42)17(9)38)29(6-2(26(49,50)51)10(31)18(39)22(43)14(6)35,7-3(27(52,53)54)11(32)19(40)23(44)15(7)36)8-4(28(55,56)57)12(33)20(41)24(45)16(8)37;1-25-16-18-27-21-12-6-8-14-23(21)29(20-10-4-3-5-11-20)24-15-9-7-13-22(24)28-19-17-26-2/h;3-15H,16-19H2,1-2H3/q-1;+1. The molecule has 0 bridgehead atoms. The average Bonchev–Trinajstić information content (AvgIpc) is 0.680. The molecule has 0 saturated heterocycles. The summed E-state index contributed by atoms with van der Waals surface area (Å²) < 4.78 is 444. The number of alkyl halides is 12. The molecule has 0 atom stereocenters. The molecule has 0 aliphatic carbocycles. The molecule has 86 heavy (non-hydrogen) atoms. The zero-order valence-electron chi connectivity index (χ0n) is 42.0. The maximum Gasteiger partial charge on any atom is 0.416 e. The van der Waals surface area contributed by atoms with Crippen molar-refractivity contribution in [2.45, 2.75) is 24.7 Å². The van der Waals surface area contributed by atoms with Crippen LogP contribution in [-0.2, 0) is 34.2 Å². The molecule has 0 amide bonds. The van der Waals surface area contributed by atoms with Crippen LogP contribution in [0, 0.1) is 93.1 Å². The summed E-state index contributed by atoms with van der Waals surface area (Å²) in [6.45, 7) is 2.16. The monoisotopic (exact) mass is 1340 g/mol. The summed E-state index contributed by atoms with van der Waals surface area (Å²) in [6, 6.07) is 27.2. The van der Waals surface area contributed by atoms with E-state index in [9.17, 15) is 87.8 Å². The number of halogens is 28. The fraction of sp³-hybridized carbons (Fsp3) is 0.192. The first-order valence-electron chi connectivity index (χ1n) is 23.0. The van der Waals surface area contributed by atoms with E-state index in [1.54, 1.807) is 14.2 Å². The van der Waals surface area contributed by atoms with Crippen molar-refractivity contribution in [2.75, 3.05) is 40.6 Å². The SMILES string of the molecule is COCCOc1ccccc1[Se+](c1ccccc1)c1ccccc1OCCOC.Fc1c(F)c(F)c(C(F)(F)F)c([B-](c2c(F)c(F)c(F)c(F)c2C(F)(F)F)(c2c(F)c(F)c(F)c(F)c2C(F)(F)F)c2c(F)c(F)c(F)c(F)c2C(F)(F)F)c1F. The van der Waals surface area contributed by atoms with Crippen LogP contribution < -0.4 is 44.7 Å². The van der Waals surface area contributed by atoms with E-state index in [4.69, 9.17) is 18.9 Å². The van der Waals surface area contributed by atoms with E-state index < -0.39 is 182 Å². The molecular weight excluding hydrogens is 1310 g/mol. The van der Waals surface area contributed by atoms with Gasteiger partial charge in [-0.3, -0.25) is 0 Å². The van der Waals surface area contributed by atoms with Crippen molar-refractivity contribution < 1.29 is 142 Å². The minimum Gasteiger partial charge on any atom is -0.207 e. The van der Waals surface area contributed by atoms with Gasteiger partial charge in [0.25, 0.3) is 0 Å². The van der Waals surface area contributed by atoms with Gasteiger partial charge in [0.1, 0.15) is 29.4 Å². The van der Waals surface area contributed by atoms with Gasteiger partial charge in [-0.25, -0.2) is 70.2 Å². The number of rotatable bonds is 15. The summed E-state index contributed by atoms with van der Waals surface area (Å²) in [5.74, 6) is -68.0. The van der Waals surface area contributed by atoms with Crippen molar-refractivity contribution in [1.29, 1.82) is 0 Å². The predicted octanol–water partition coefficient (Wildman–Crippen LogP) is 11.6. The van der Waals surface area contributed by atoms with Crippen LogP contribution >= 0.6 is 0 Å². The Kier molecular flexibility index (Phi) is 20.2. The van der Waals surface area contributed by atoms with E-state index in [0.29, 0.717) is 26.4 Å². The Morgan fingerprint density at radius 1 is 0.302 bits per heavy atom. The minimum absolute atomic E-state index is 0.521. The second kappa shape index (κ2) is 25.6. The van der Waals surface area contributed by atoms with E-state index >= 15 is 35.1 Å². The maximum atomic E-state index is 16.0. The Labute approximate surface area is 467 Å². The van der Waals surface area contributed by atoms with Crippen molar-refractivity contribution in [2.24, 2.45) is 0 Å². The molecule has 464 valence electrons. The first-order valence-corrected chi connectivity index (χ1v) is 25.6. The Bertz CT molecular complexity index is 3300. The molecule has 0 N–H and O–H groups in total. The minimum atomic E-state index is -8.89. The normalized spacial score (nSPS) is 12.5. The maximum absolute atomic E-state index is 16.0. The summed E-state index contributed by atoms with van der Waals surface area (Å²) in [5.41, 5.74) is -38.1.